The smallest absolute Gasteiger partial charge is 0.152 e. The Labute approximate surface area is 118 Å². The summed E-state index contributed by atoms with van der Waals surface area (Å²) >= 11 is 6.13. The fraction of sp³-hybridized carbons (Fsp3) is 0.500. The van der Waals surface area contributed by atoms with Crippen molar-refractivity contribution in [2.45, 2.75) is 44.6 Å². The minimum Gasteiger partial charge on any atom is -0.458 e. The van der Waals surface area contributed by atoms with Gasteiger partial charge in [-0.15, -0.1) is 0 Å². The Morgan fingerprint density at radius 2 is 2.05 bits per heavy atom. The second-order valence-electron chi connectivity index (χ2n) is 5.65. The molecule has 0 bridgehead atoms. The van der Waals surface area contributed by atoms with E-state index in [1.165, 1.54) is 32.1 Å². The van der Waals surface area contributed by atoms with Crippen LogP contribution in [0.2, 0.25) is 5.02 Å². The number of hydrogen-bond acceptors (Lipinski definition) is 2. The molecule has 1 saturated carbocycles. The number of halogens is 1. The maximum absolute atomic E-state index is 6.30. The lowest BCUT2D eigenvalue weighted by atomic mass is 9.84. The molecule has 0 saturated heterocycles. The SMILES string of the molecule is NC(CC1CCCCC1)c1cc2cccc(Cl)c2o1. The molecule has 1 fully saturated rings. The van der Waals surface area contributed by atoms with Gasteiger partial charge in [0, 0.05) is 5.39 Å². The summed E-state index contributed by atoms with van der Waals surface area (Å²) in [5.74, 6) is 1.63. The van der Waals surface area contributed by atoms with Crippen LogP contribution in [0, 0.1) is 5.92 Å². The third-order valence-electron chi connectivity index (χ3n) is 4.19. The average Bonchev–Trinajstić information content (AvgIpc) is 2.85. The molecule has 1 heterocycles. The van der Waals surface area contributed by atoms with Crippen molar-refractivity contribution < 1.29 is 4.42 Å². The molecule has 1 aliphatic carbocycles. The predicted molar refractivity (Wildman–Crippen MR) is 79.3 cm³/mol. The molecule has 1 aromatic carbocycles. The second-order valence-corrected chi connectivity index (χ2v) is 6.06. The molecule has 1 aliphatic rings. The van der Waals surface area contributed by atoms with Crippen LogP contribution < -0.4 is 5.73 Å². The maximum atomic E-state index is 6.30. The summed E-state index contributed by atoms with van der Waals surface area (Å²) < 4.78 is 5.85. The van der Waals surface area contributed by atoms with Crippen LogP contribution >= 0.6 is 11.6 Å². The minimum atomic E-state index is -0.00781. The molecule has 0 spiro atoms. The molecule has 1 unspecified atom stereocenters. The third-order valence-corrected chi connectivity index (χ3v) is 4.49. The zero-order valence-electron chi connectivity index (χ0n) is 11.1. The third kappa shape index (κ3) is 2.80. The molecule has 19 heavy (non-hydrogen) atoms. The van der Waals surface area contributed by atoms with Crippen LogP contribution in [-0.2, 0) is 0 Å². The monoisotopic (exact) mass is 277 g/mol. The van der Waals surface area contributed by atoms with Crippen molar-refractivity contribution in [2.75, 3.05) is 0 Å². The van der Waals surface area contributed by atoms with Crippen molar-refractivity contribution >= 4 is 22.6 Å². The Morgan fingerprint density at radius 3 is 2.79 bits per heavy atom. The van der Waals surface area contributed by atoms with Gasteiger partial charge in [-0.1, -0.05) is 55.8 Å². The zero-order chi connectivity index (χ0) is 13.2. The van der Waals surface area contributed by atoms with E-state index < -0.39 is 0 Å². The molecule has 102 valence electrons. The first-order valence-corrected chi connectivity index (χ1v) is 7.55. The molecule has 1 aromatic heterocycles. The van der Waals surface area contributed by atoms with Gasteiger partial charge in [-0.05, 0) is 24.5 Å². The van der Waals surface area contributed by atoms with E-state index in [0.29, 0.717) is 5.02 Å². The topological polar surface area (TPSA) is 39.2 Å². The number of benzene rings is 1. The molecule has 3 heteroatoms. The van der Waals surface area contributed by atoms with Gasteiger partial charge in [0.25, 0.3) is 0 Å². The van der Waals surface area contributed by atoms with Crippen LogP contribution in [0.25, 0.3) is 11.0 Å². The lowest BCUT2D eigenvalue weighted by molar-refractivity contribution is 0.306. The van der Waals surface area contributed by atoms with Crippen LogP contribution in [0.15, 0.2) is 28.7 Å². The summed E-state index contributed by atoms with van der Waals surface area (Å²) in [4.78, 5) is 0. The van der Waals surface area contributed by atoms with Gasteiger partial charge in [0.1, 0.15) is 5.76 Å². The fourth-order valence-corrected chi connectivity index (χ4v) is 3.35. The van der Waals surface area contributed by atoms with Crippen molar-refractivity contribution in [1.82, 2.24) is 0 Å². The lowest BCUT2D eigenvalue weighted by Gasteiger charge is -2.23. The number of nitrogens with two attached hydrogens (primary N) is 1. The highest BCUT2D eigenvalue weighted by Crippen LogP contribution is 2.34. The summed E-state index contributed by atoms with van der Waals surface area (Å²) in [6, 6.07) is 7.84. The molecule has 0 amide bonds. The van der Waals surface area contributed by atoms with Crippen molar-refractivity contribution in [3.05, 3.63) is 35.0 Å². The lowest BCUT2D eigenvalue weighted by Crippen LogP contribution is -2.16. The van der Waals surface area contributed by atoms with Crippen LogP contribution in [0.3, 0.4) is 0 Å². The van der Waals surface area contributed by atoms with E-state index in [1.807, 2.05) is 24.3 Å². The first-order valence-electron chi connectivity index (χ1n) is 7.17. The number of fused-ring (bicyclic) bond motifs is 1. The molecule has 2 aromatic rings. The summed E-state index contributed by atoms with van der Waals surface area (Å²) in [5.41, 5.74) is 7.07. The highest BCUT2D eigenvalue weighted by atomic mass is 35.5. The van der Waals surface area contributed by atoms with E-state index in [1.54, 1.807) is 0 Å². The standard InChI is InChI=1S/C16H20ClNO/c17-13-8-4-7-12-10-15(19-16(12)13)14(18)9-11-5-2-1-3-6-11/h4,7-8,10-11,14H,1-3,5-6,9,18H2. The largest absolute Gasteiger partial charge is 0.458 e. The van der Waals surface area contributed by atoms with E-state index in [9.17, 15) is 0 Å². The number of furan rings is 1. The Hall–Kier alpha value is -0.990. The van der Waals surface area contributed by atoms with E-state index in [0.717, 1.165) is 29.1 Å². The van der Waals surface area contributed by atoms with E-state index in [4.69, 9.17) is 21.8 Å². The van der Waals surface area contributed by atoms with Crippen LogP contribution in [0.5, 0.6) is 0 Å². The van der Waals surface area contributed by atoms with Crippen LogP contribution in [-0.4, -0.2) is 0 Å². The van der Waals surface area contributed by atoms with Crippen molar-refractivity contribution in [1.29, 1.82) is 0 Å². The van der Waals surface area contributed by atoms with Gasteiger partial charge >= 0.3 is 0 Å². The van der Waals surface area contributed by atoms with Gasteiger partial charge in [-0.2, -0.15) is 0 Å². The fourth-order valence-electron chi connectivity index (χ4n) is 3.13. The summed E-state index contributed by atoms with van der Waals surface area (Å²) in [7, 11) is 0. The van der Waals surface area contributed by atoms with E-state index >= 15 is 0 Å². The first-order chi connectivity index (χ1) is 9.24. The summed E-state index contributed by atoms with van der Waals surface area (Å²) in [6.45, 7) is 0. The summed E-state index contributed by atoms with van der Waals surface area (Å²) in [5, 5.41) is 1.70. The molecular formula is C16H20ClNO. The molecule has 0 radical (unpaired) electrons. The second kappa shape index (κ2) is 5.56. The molecule has 2 N–H and O–H groups in total. The minimum absolute atomic E-state index is 0.00781. The zero-order valence-corrected chi connectivity index (χ0v) is 11.8. The van der Waals surface area contributed by atoms with Gasteiger partial charge in [0.15, 0.2) is 5.58 Å². The Kier molecular flexibility index (Phi) is 3.81. The number of rotatable bonds is 3. The maximum Gasteiger partial charge on any atom is 0.152 e. The van der Waals surface area contributed by atoms with Crippen molar-refractivity contribution in [3.8, 4) is 0 Å². The number of para-hydroxylation sites is 1. The van der Waals surface area contributed by atoms with Gasteiger partial charge in [-0.25, -0.2) is 0 Å². The highest BCUT2D eigenvalue weighted by molar-refractivity contribution is 6.34. The predicted octanol–water partition coefficient (Wildman–Crippen LogP) is 5.06. The summed E-state index contributed by atoms with van der Waals surface area (Å²) in [6.07, 6.45) is 7.74. The highest BCUT2D eigenvalue weighted by Gasteiger charge is 2.20. The van der Waals surface area contributed by atoms with E-state index in [2.05, 4.69) is 0 Å². The number of hydrogen-bond donors (Lipinski definition) is 1. The van der Waals surface area contributed by atoms with Crippen LogP contribution in [0.1, 0.15) is 50.3 Å². The Bertz CT molecular complexity index is 557. The molecule has 1 atom stereocenters. The van der Waals surface area contributed by atoms with Gasteiger partial charge in [0.2, 0.25) is 0 Å². The quantitative estimate of drug-likeness (QED) is 0.852. The average molecular weight is 278 g/mol. The van der Waals surface area contributed by atoms with Crippen molar-refractivity contribution in [3.63, 3.8) is 0 Å². The molecule has 3 rings (SSSR count). The molecule has 2 nitrogen and oxygen atoms in total. The van der Waals surface area contributed by atoms with Gasteiger partial charge < -0.3 is 10.2 Å². The van der Waals surface area contributed by atoms with Gasteiger partial charge in [-0.3, -0.25) is 0 Å². The van der Waals surface area contributed by atoms with Crippen molar-refractivity contribution in [2.24, 2.45) is 11.7 Å². The first kappa shape index (κ1) is 13.0. The molecular weight excluding hydrogens is 258 g/mol. The Morgan fingerprint density at radius 1 is 1.26 bits per heavy atom. The van der Waals surface area contributed by atoms with Crippen LogP contribution in [0.4, 0.5) is 0 Å². The Balaban J connectivity index is 1.77. The van der Waals surface area contributed by atoms with Gasteiger partial charge in [0.05, 0.1) is 11.1 Å². The van der Waals surface area contributed by atoms with E-state index in [-0.39, 0.29) is 6.04 Å². The normalized spacial score (nSPS) is 18.8. The molecule has 0 aliphatic heterocycles.